The first kappa shape index (κ1) is 18.8. The van der Waals surface area contributed by atoms with Crippen molar-refractivity contribution < 1.29 is 14.9 Å². The van der Waals surface area contributed by atoms with E-state index in [9.17, 15) is 5.11 Å². The molecule has 0 saturated carbocycles. The van der Waals surface area contributed by atoms with Gasteiger partial charge in [-0.2, -0.15) is 9.50 Å². The number of anilines is 2. The van der Waals surface area contributed by atoms with Crippen LogP contribution in [0.1, 0.15) is 17.8 Å². The molecule has 2 aromatic heterocycles. The van der Waals surface area contributed by atoms with Gasteiger partial charge in [-0.1, -0.05) is 6.07 Å². The van der Waals surface area contributed by atoms with E-state index in [0.29, 0.717) is 36.6 Å². The number of aromatic hydroxyl groups is 1. The minimum Gasteiger partial charge on any atom is -0.504 e. The minimum absolute atomic E-state index is 0.0801. The molecule has 4 aromatic rings. The van der Waals surface area contributed by atoms with Gasteiger partial charge in [0.25, 0.3) is 0 Å². The van der Waals surface area contributed by atoms with E-state index in [-0.39, 0.29) is 18.3 Å². The van der Waals surface area contributed by atoms with Crippen molar-refractivity contribution in [3.63, 3.8) is 0 Å². The Morgan fingerprint density at radius 3 is 2.83 bits per heavy atom. The molecule has 0 atom stereocenters. The summed E-state index contributed by atoms with van der Waals surface area (Å²) in [7, 11) is 1.51. The second-order valence-corrected chi connectivity index (χ2v) is 6.65. The minimum atomic E-state index is 0.0801. The molecule has 0 aliphatic rings. The van der Waals surface area contributed by atoms with Crippen molar-refractivity contribution in [1.29, 1.82) is 0 Å². The zero-order chi connectivity index (χ0) is 20.4. The van der Waals surface area contributed by atoms with Gasteiger partial charge in [0.1, 0.15) is 5.82 Å². The molecule has 4 rings (SSSR count). The van der Waals surface area contributed by atoms with Crippen molar-refractivity contribution in [1.82, 2.24) is 19.6 Å². The molecule has 0 aliphatic carbocycles. The fourth-order valence-electron chi connectivity index (χ4n) is 3.23. The predicted molar refractivity (Wildman–Crippen MR) is 110 cm³/mol. The van der Waals surface area contributed by atoms with Gasteiger partial charge in [-0.3, -0.25) is 0 Å². The smallest absolute Gasteiger partial charge is 0.240 e. The highest BCUT2D eigenvalue weighted by atomic mass is 16.5. The number of phenols is 1. The standard InChI is InChI=1S/C20H22N6O3/c1-29-17-9-12(3-6-16(17)28)10-18-23-15-11-13(22-7-2-8-27)4-5-14(15)19-24-20(21)25-26(18)19/h3-6,9,11,22,27-28H,2,7-8,10H2,1H3,(H2,21,25). The maximum Gasteiger partial charge on any atom is 0.240 e. The highest BCUT2D eigenvalue weighted by molar-refractivity contribution is 5.93. The number of nitrogen functional groups attached to an aromatic ring is 1. The Morgan fingerprint density at radius 1 is 1.17 bits per heavy atom. The summed E-state index contributed by atoms with van der Waals surface area (Å²) in [6.45, 7) is 0.807. The van der Waals surface area contributed by atoms with Crippen LogP contribution in [0.2, 0.25) is 0 Å². The molecule has 0 unspecified atom stereocenters. The zero-order valence-corrected chi connectivity index (χ0v) is 16.0. The number of nitrogens with two attached hydrogens (primary N) is 1. The van der Waals surface area contributed by atoms with Crippen LogP contribution in [0.15, 0.2) is 36.4 Å². The molecule has 2 heterocycles. The molecule has 0 bridgehead atoms. The maximum absolute atomic E-state index is 9.83. The molecule has 0 radical (unpaired) electrons. The first-order valence-corrected chi connectivity index (χ1v) is 9.24. The number of hydrogen-bond donors (Lipinski definition) is 4. The van der Waals surface area contributed by atoms with E-state index in [4.69, 9.17) is 20.6 Å². The molecule has 0 saturated heterocycles. The largest absolute Gasteiger partial charge is 0.504 e. The van der Waals surface area contributed by atoms with Crippen molar-refractivity contribution in [2.45, 2.75) is 12.8 Å². The van der Waals surface area contributed by atoms with Crippen molar-refractivity contribution in [2.24, 2.45) is 0 Å². The van der Waals surface area contributed by atoms with Crippen molar-refractivity contribution in [3.05, 3.63) is 47.8 Å². The fraction of sp³-hybridized carbons (Fsp3) is 0.250. The Kier molecular flexibility index (Phi) is 5.05. The van der Waals surface area contributed by atoms with Crippen LogP contribution in [0.3, 0.4) is 0 Å². The number of aromatic nitrogens is 4. The fourth-order valence-corrected chi connectivity index (χ4v) is 3.23. The summed E-state index contributed by atoms with van der Waals surface area (Å²) >= 11 is 0. The molecule has 2 aromatic carbocycles. The number of phenolic OH excluding ortho intramolecular Hbond substituents is 1. The Bertz CT molecular complexity index is 1170. The summed E-state index contributed by atoms with van der Waals surface area (Å²) in [4.78, 5) is 9.16. The van der Waals surface area contributed by atoms with E-state index in [0.717, 1.165) is 22.2 Å². The number of benzene rings is 2. The highest BCUT2D eigenvalue weighted by Crippen LogP contribution is 2.28. The number of rotatable bonds is 7. The van der Waals surface area contributed by atoms with Gasteiger partial charge in [-0.25, -0.2) is 4.98 Å². The summed E-state index contributed by atoms with van der Waals surface area (Å²) < 4.78 is 6.85. The summed E-state index contributed by atoms with van der Waals surface area (Å²) in [5, 5.41) is 27.2. The first-order valence-electron chi connectivity index (χ1n) is 9.24. The third-order valence-corrected chi connectivity index (χ3v) is 4.63. The molecule has 0 fully saturated rings. The lowest BCUT2D eigenvalue weighted by Crippen LogP contribution is -2.06. The van der Waals surface area contributed by atoms with Crippen LogP contribution in [0.25, 0.3) is 16.6 Å². The predicted octanol–water partition coefficient (Wildman–Crippen LogP) is 1.96. The first-order chi connectivity index (χ1) is 14.1. The normalized spacial score (nSPS) is 11.2. The Labute approximate surface area is 166 Å². The van der Waals surface area contributed by atoms with Gasteiger partial charge < -0.3 is 26.0 Å². The number of methoxy groups -OCH3 is 1. The van der Waals surface area contributed by atoms with Crippen molar-refractivity contribution in [3.8, 4) is 11.5 Å². The number of nitrogens with zero attached hydrogens (tertiary/aromatic N) is 4. The third-order valence-electron chi connectivity index (χ3n) is 4.63. The molecule has 150 valence electrons. The molecule has 9 heteroatoms. The van der Waals surface area contributed by atoms with Crippen LogP contribution < -0.4 is 15.8 Å². The van der Waals surface area contributed by atoms with Crippen LogP contribution in [0, 0.1) is 0 Å². The zero-order valence-electron chi connectivity index (χ0n) is 16.0. The second-order valence-electron chi connectivity index (χ2n) is 6.65. The van der Waals surface area contributed by atoms with Gasteiger partial charge in [-0.05, 0) is 42.3 Å². The second kappa shape index (κ2) is 7.80. The molecular formula is C20H22N6O3. The van der Waals surface area contributed by atoms with Crippen LogP contribution >= 0.6 is 0 Å². The van der Waals surface area contributed by atoms with Crippen LogP contribution in [-0.2, 0) is 6.42 Å². The van der Waals surface area contributed by atoms with Gasteiger partial charge in [0, 0.05) is 30.6 Å². The lowest BCUT2D eigenvalue weighted by atomic mass is 10.1. The molecule has 0 aliphatic heterocycles. The summed E-state index contributed by atoms with van der Waals surface area (Å²) in [5.41, 5.74) is 9.07. The van der Waals surface area contributed by atoms with Crippen LogP contribution in [0.4, 0.5) is 11.6 Å². The molecule has 5 N–H and O–H groups in total. The van der Waals surface area contributed by atoms with E-state index >= 15 is 0 Å². The lowest BCUT2D eigenvalue weighted by Gasteiger charge is -2.10. The van der Waals surface area contributed by atoms with E-state index in [1.54, 1.807) is 16.6 Å². The van der Waals surface area contributed by atoms with E-state index in [1.165, 1.54) is 7.11 Å². The summed E-state index contributed by atoms with van der Waals surface area (Å²) in [6.07, 6.45) is 1.12. The highest BCUT2D eigenvalue weighted by Gasteiger charge is 2.14. The van der Waals surface area contributed by atoms with Crippen molar-refractivity contribution >= 4 is 28.2 Å². The number of fused-ring (bicyclic) bond motifs is 3. The SMILES string of the molecule is COc1cc(Cc2nc3cc(NCCCO)ccc3c3nc(N)nn23)ccc1O. The van der Waals surface area contributed by atoms with Gasteiger partial charge in [0.15, 0.2) is 17.1 Å². The molecule has 0 amide bonds. The molecular weight excluding hydrogens is 372 g/mol. The average molecular weight is 394 g/mol. The Hall–Kier alpha value is -3.59. The van der Waals surface area contributed by atoms with Crippen molar-refractivity contribution in [2.75, 3.05) is 31.3 Å². The van der Waals surface area contributed by atoms with Crippen LogP contribution in [-0.4, -0.2) is 50.1 Å². The molecule has 29 heavy (non-hydrogen) atoms. The van der Waals surface area contributed by atoms with Crippen LogP contribution in [0.5, 0.6) is 11.5 Å². The van der Waals surface area contributed by atoms with Gasteiger partial charge >= 0.3 is 0 Å². The Balaban J connectivity index is 1.78. The number of aliphatic hydroxyl groups is 1. The summed E-state index contributed by atoms with van der Waals surface area (Å²) in [6, 6.07) is 11.0. The van der Waals surface area contributed by atoms with E-state index in [1.807, 2.05) is 24.3 Å². The number of hydrogen-bond acceptors (Lipinski definition) is 8. The third kappa shape index (κ3) is 3.72. The quantitative estimate of drug-likeness (QED) is 0.350. The maximum atomic E-state index is 9.83. The van der Waals surface area contributed by atoms with Gasteiger partial charge in [0.2, 0.25) is 5.95 Å². The number of ether oxygens (including phenoxy) is 1. The monoisotopic (exact) mass is 394 g/mol. The van der Waals surface area contributed by atoms with Gasteiger partial charge in [-0.15, -0.1) is 5.10 Å². The Morgan fingerprint density at radius 2 is 2.03 bits per heavy atom. The van der Waals surface area contributed by atoms with E-state index < -0.39 is 0 Å². The molecule has 0 spiro atoms. The average Bonchev–Trinajstić information content (AvgIpc) is 3.11. The number of aliphatic hydroxyl groups excluding tert-OH is 1. The topological polar surface area (TPSA) is 131 Å². The molecule has 9 nitrogen and oxygen atoms in total. The van der Waals surface area contributed by atoms with E-state index in [2.05, 4.69) is 15.4 Å². The van der Waals surface area contributed by atoms with Gasteiger partial charge in [0.05, 0.1) is 12.6 Å². The summed E-state index contributed by atoms with van der Waals surface area (Å²) in [5.74, 6) is 1.32. The lowest BCUT2D eigenvalue weighted by molar-refractivity contribution is 0.292. The number of nitrogens with one attached hydrogen (secondary N) is 1.